The highest BCUT2D eigenvalue weighted by Crippen LogP contribution is 2.03. The first-order valence-electron chi connectivity index (χ1n) is 5.53. The second kappa shape index (κ2) is 7.18. The zero-order valence-corrected chi connectivity index (χ0v) is 9.33. The minimum absolute atomic E-state index is 0.207. The van der Waals surface area contributed by atoms with E-state index in [1.54, 1.807) is 6.92 Å². The van der Waals surface area contributed by atoms with Gasteiger partial charge >= 0.3 is 0 Å². The largest absolute Gasteiger partial charge is 0.310 e. The Kier molecular flexibility index (Phi) is 5.71. The van der Waals surface area contributed by atoms with E-state index >= 15 is 0 Å². The summed E-state index contributed by atoms with van der Waals surface area (Å²) in [6.07, 6.45) is 3.43. The Hall–Kier alpha value is -1.15. The molecule has 1 rings (SSSR count). The summed E-state index contributed by atoms with van der Waals surface area (Å²) in [5, 5.41) is 3.12. The number of benzene rings is 1. The zero-order chi connectivity index (χ0) is 10.9. The number of nitrogens with one attached hydrogen (secondary N) is 1. The fourth-order valence-corrected chi connectivity index (χ4v) is 1.49. The van der Waals surface area contributed by atoms with Gasteiger partial charge in [-0.05, 0) is 38.3 Å². The molecule has 0 aliphatic heterocycles. The van der Waals surface area contributed by atoms with Gasteiger partial charge < -0.3 is 5.32 Å². The van der Waals surface area contributed by atoms with Crippen molar-refractivity contribution in [2.24, 2.45) is 0 Å². The maximum absolute atomic E-state index is 10.6. The Morgan fingerprint density at radius 3 is 2.60 bits per heavy atom. The first kappa shape index (κ1) is 11.9. The first-order valence-corrected chi connectivity index (χ1v) is 5.53. The summed E-state index contributed by atoms with van der Waals surface area (Å²) in [5.74, 6) is 0.207. The summed E-state index contributed by atoms with van der Waals surface area (Å²) in [6, 6.07) is 10.5. The molecule has 0 unspecified atom stereocenters. The van der Waals surface area contributed by atoms with Crippen LogP contribution in [0.1, 0.15) is 25.3 Å². The second-order valence-corrected chi connectivity index (χ2v) is 3.82. The summed E-state index contributed by atoms with van der Waals surface area (Å²) in [4.78, 5) is 10.6. The van der Waals surface area contributed by atoms with Crippen molar-refractivity contribution in [1.82, 2.24) is 5.32 Å². The van der Waals surface area contributed by atoms with E-state index in [2.05, 4.69) is 29.6 Å². The van der Waals surface area contributed by atoms with Crippen molar-refractivity contribution in [3.8, 4) is 0 Å². The van der Waals surface area contributed by atoms with Crippen molar-refractivity contribution >= 4 is 5.78 Å². The van der Waals surface area contributed by atoms with Crippen LogP contribution in [-0.4, -0.2) is 18.9 Å². The molecule has 0 radical (unpaired) electrons. The molecule has 0 atom stereocenters. The van der Waals surface area contributed by atoms with Crippen LogP contribution < -0.4 is 5.32 Å². The highest BCUT2D eigenvalue weighted by atomic mass is 16.1. The third kappa shape index (κ3) is 6.02. The van der Waals surface area contributed by atoms with E-state index in [1.165, 1.54) is 12.0 Å². The van der Waals surface area contributed by atoms with E-state index in [0.29, 0.717) is 6.54 Å². The molecule has 0 spiro atoms. The topological polar surface area (TPSA) is 29.1 Å². The van der Waals surface area contributed by atoms with Crippen LogP contribution in [0.25, 0.3) is 0 Å². The molecule has 1 N–H and O–H groups in total. The van der Waals surface area contributed by atoms with Crippen molar-refractivity contribution in [1.29, 1.82) is 0 Å². The lowest BCUT2D eigenvalue weighted by Gasteiger charge is -2.02. The third-order valence-electron chi connectivity index (χ3n) is 2.29. The van der Waals surface area contributed by atoms with Crippen molar-refractivity contribution in [2.45, 2.75) is 26.2 Å². The molecular formula is C13H19NO. The second-order valence-electron chi connectivity index (χ2n) is 3.82. The van der Waals surface area contributed by atoms with Gasteiger partial charge in [0.2, 0.25) is 0 Å². The lowest BCUT2D eigenvalue weighted by molar-refractivity contribution is -0.116. The molecule has 2 nitrogen and oxygen atoms in total. The predicted molar refractivity (Wildman–Crippen MR) is 62.9 cm³/mol. The van der Waals surface area contributed by atoms with E-state index in [1.807, 2.05) is 6.07 Å². The van der Waals surface area contributed by atoms with E-state index < -0.39 is 0 Å². The number of aryl methyl sites for hydroxylation is 1. The quantitative estimate of drug-likeness (QED) is 0.691. The van der Waals surface area contributed by atoms with Gasteiger partial charge in [0, 0.05) is 0 Å². The summed E-state index contributed by atoms with van der Waals surface area (Å²) in [6.45, 7) is 3.05. The van der Waals surface area contributed by atoms with Crippen LogP contribution >= 0.6 is 0 Å². The normalized spacial score (nSPS) is 10.2. The average molecular weight is 205 g/mol. The molecule has 0 heterocycles. The smallest absolute Gasteiger partial charge is 0.143 e. The van der Waals surface area contributed by atoms with Gasteiger partial charge in [-0.2, -0.15) is 0 Å². The van der Waals surface area contributed by atoms with Gasteiger partial charge in [-0.1, -0.05) is 30.3 Å². The highest BCUT2D eigenvalue weighted by Gasteiger charge is 1.93. The predicted octanol–water partition coefficient (Wildman–Crippen LogP) is 2.19. The fraction of sp³-hybridized carbons (Fsp3) is 0.462. The minimum Gasteiger partial charge on any atom is -0.310 e. The van der Waals surface area contributed by atoms with Crippen LogP contribution in [0.15, 0.2) is 30.3 Å². The van der Waals surface area contributed by atoms with E-state index in [9.17, 15) is 4.79 Å². The van der Waals surface area contributed by atoms with Gasteiger partial charge in [0.25, 0.3) is 0 Å². The zero-order valence-electron chi connectivity index (χ0n) is 9.33. The molecule has 1 aromatic carbocycles. The molecule has 1 aromatic rings. The summed E-state index contributed by atoms with van der Waals surface area (Å²) in [7, 11) is 0. The molecule has 0 aromatic heterocycles. The maximum atomic E-state index is 10.6. The van der Waals surface area contributed by atoms with Crippen molar-refractivity contribution in [3.05, 3.63) is 35.9 Å². The fourth-order valence-electron chi connectivity index (χ4n) is 1.49. The third-order valence-corrected chi connectivity index (χ3v) is 2.29. The molecule has 0 bridgehead atoms. The van der Waals surface area contributed by atoms with Gasteiger partial charge in [0.15, 0.2) is 0 Å². The number of hydrogen-bond acceptors (Lipinski definition) is 2. The Balaban J connectivity index is 2.00. The maximum Gasteiger partial charge on any atom is 0.143 e. The lowest BCUT2D eigenvalue weighted by Crippen LogP contribution is -2.21. The number of unbranched alkanes of at least 4 members (excludes halogenated alkanes) is 1. The van der Waals surface area contributed by atoms with Crippen LogP contribution in [0.5, 0.6) is 0 Å². The van der Waals surface area contributed by atoms with Crippen molar-refractivity contribution < 1.29 is 4.79 Å². The van der Waals surface area contributed by atoms with Gasteiger partial charge in [0.1, 0.15) is 5.78 Å². The molecule has 0 amide bonds. The number of hydrogen-bond donors (Lipinski definition) is 1. The monoisotopic (exact) mass is 205 g/mol. The SMILES string of the molecule is CC(=O)CNCCCCc1ccccc1. The van der Waals surface area contributed by atoms with Crippen molar-refractivity contribution in [3.63, 3.8) is 0 Å². The van der Waals surface area contributed by atoms with Gasteiger partial charge in [-0.25, -0.2) is 0 Å². The average Bonchev–Trinajstić information content (AvgIpc) is 2.24. The molecule has 0 aliphatic rings. The summed E-state index contributed by atoms with van der Waals surface area (Å²) < 4.78 is 0. The summed E-state index contributed by atoms with van der Waals surface area (Å²) >= 11 is 0. The van der Waals surface area contributed by atoms with Crippen LogP contribution in [-0.2, 0) is 11.2 Å². The van der Waals surface area contributed by atoms with Crippen molar-refractivity contribution in [2.75, 3.05) is 13.1 Å². The Bertz CT molecular complexity index is 282. The standard InChI is InChI=1S/C13H19NO/c1-12(15)11-14-10-6-5-9-13-7-3-2-4-8-13/h2-4,7-8,14H,5-6,9-11H2,1H3. The number of carbonyl (C=O) groups excluding carboxylic acids is 1. The van der Waals surface area contributed by atoms with E-state index in [-0.39, 0.29) is 5.78 Å². The molecule has 0 fully saturated rings. The van der Waals surface area contributed by atoms with E-state index in [4.69, 9.17) is 0 Å². The van der Waals surface area contributed by atoms with Crippen LogP contribution in [0.4, 0.5) is 0 Å². The Labute approximate surface area is 91.7 Å². The minimum atomic E-state index is 0.207. The molecule has 0 saturated heterocycles. The van der Waals surface area contributed by atoms with Gasteiger partial charge in [-0.15, -0.1) is 0 Å². The molecular weight excluding hydrogens is 186 g/mol. The summed E-state index contributed by atoms with van der Waals surface area (Å²) in [5.41, 5.74) is 1.39. The van der Waals surface area contributed by atoms with Gasteiger partial charge in [0.05, 0.1) is 6.54 Å². The molecule has 82 valence electrons. The molecule has 15 heavy (non-hydrogen) atoms. The molecule has 2 heteroatoms. The van der Waals surface area contributed by atoms with Crippen LogP contribution in [0.3, 0.4) is 0 Å². The van der Waals surface area contributed by atoms with Crippen LogP contribution in [0.2, 0.25) is 0 Å². The number of carbonyl (C=O) groups is 1. The van der Waals surface area contributed by atoms with Gasteiger partial charge in [-0.3, -0.25) is 4.79 Å². The number of Topliss-reactive ketones (excluding diaryl/α,β-unsaturated/α-hetero) is 1. The Morgan fingerprint density at radius 2 is 1.93 bits per heavy atom. The van der Waals surface area contributed by atoms with Crippen LogP contribution in [0, 0.1) is 0 Å². The number of rotatable bonds is 7. The Morgan fingerprint density at radius 1 is 1.20 bits per heavy atom. The first-order chi connectivity index (χ1) is 7.29. The molecule has 0 aliphatic carbocycles. The number of ketones is 1. The lowest BCUT2D eigenvalue weighted by atomic mass is 10.1. The molecule has 0 saturated carbocycles. The highest BCUT2D eigenvalue weighted by molar-refractivity contribution is 5.77. The van der Waals surface area contributed by atoms with E-state index in [0.717, 1.165) is 19.4 Å².